The molecular formula is C66H65N. The van der Waals surface area contributed by atoms with E-state index < -0.39 is 0 Å². The van der Waals surface area contributed by atoms with E-state index in [0.29, 0.717) is 11.8 Å². The minimum atomic E-state index is 0.552. The second-order valence-electron chi connectivity index (χ2n) is 20.7. The van der Waals surface area contributed by atoms with Gasteiger partial charge in [-0.05, 0) is 221 Å². The maximum atomic E-state index is 2.55. The number of hydrogen-bond acceptors (Lipinski definition) is 1. The van der Waals surface area contributed by atoms with Gasteiger partial charge in [-0.15, -0.1) is 0 Å². The molecule has 0 unspecified atom stereocenters. The van der Waals surface area contributed by atoms with Crippen LogP contribution in [-0.4, -0.2) is 0 Å². The summed E-state index contributed by atoms with van der Waals surface area (Å²) in [5, 5.41) is 8.42. The molecule has 0 saturated heterocycles. The monoisotopic (exact) mass is 872 g/mol. The smallest absolute Gasteiger partial charge is 0.0540 e. The Labute approximate surface area is 399 Å². The van der Waals surface area contributed by atoms with Crippen LogP contribution >= 0.6 is 0 Å². The van der Waals surface area contributed by atoms with Gasteiger partial charge in [0.2, 0.25) is 0 Å². The summed E-state index contributed by atoms with van der Waals surface area (Å²) in [7, 11) is 0. The second kappa shape index (κ2) is 18.0. The third-order valence-corrected chi connectivity index (χ3v) is 15.5. The van der Waals surface area contributed by atoms with E-state index in [1.54, 1.807) is 5.56 Å². The Bertz CT molecular complexity index is 3140. The molecule has 2 aliphatic carbocycles. The molecule has 0 aliphatic heterocycles. The minimum absolute atomic E-state index is 0.552. The predicted octanol–water partition coefficient (Wildman–Crippen LogP) is 19.6. The van der Waals surface area contributed by atoms with Gasteiger partial charge in [-0.25, -0.2) is 0 Å². The number of fused-ring (bicyclic) bond motifs is 5. The fourth-order valence-corrected chi connectivity index (χ4v) is 12.3. The van der Waals surface area contributed by atoms with Crippen LogP contribution in [0.15, 0.2) is 152 Å². The van der Waals surface area contributed by atoms with Gasteiger partial charge in [0, 0.05) is 16.8 Å². The number of anilines is 3. The molecule has 1 heteroatoms. The first-order valence-electron chi connectivity index (χ1n) is 25.4. The molecule has 2 fully saturated rings. The first-order valence-corrected chi connectivity index (χ1v) is 25.4. The van der Waals surface area contributed by atoms with Gasteiger partial charge in [-0.1, -0.05) is 153 Å². The van der Waals surface area contributed by atoms with Gasteiger partial charge in [0.25, 0.3) is 0 Å². The fourth-order valence-electron chi connectivity index (χ4n) is 12.3. The van der Waals surface area contributed by atoms with Crippen LogP contribution in [0.5, 0.6) is 0 Å². The fraction of sp³-hybridized carbons (Fsp3) is 0.273. The maximum absolute atomic E-state index is 2.55. The van der Waals surface area contributed by atoms with Crippen LogP contribution in [0.3, 0.4) is 0 Å². The van der Waals surface area contributed by atoms with Gasteiger partial charge in [-0.3, -0.25) is 0 Å². The normalized spacial score (nSPS) is 14.9. The van der Waals surface area contributed by atoms with E-state index in [4.69, 9.17) is 0 Å². The number of rotatable bonds is 8. The number of hydrogen-bond donors (Lipinski definition) is 0. The van der Waals surface area contributed by atoms with Crippen molar-refractivity contribution in [1.29, 1.82) is 0 Å². The van der Waals surface area contributed by atoms with Gasteiger partial charge in [0.1, 0.15) is 0 Å². The van der Waals surface area contributed by atoms with Crippen LogP contribution < -0.4 is 4.90 Å². The molecule has 0 heterocycles. The average Bonchev–Trinajstić information content (AvgIpc) is 3.33. The first kappa shape index (κ1) is 43.1. The van der Waals surface area contributed by atoms with E-state index in [0.717, 1.165) is 0 Å². The zero-order valence-electron chi connectivity index (χ0n) is 40.6. The highest BCUT2D eigenvalue weighted by molar-refractivity contribution is 6.23. The molecule has 67 heavy (non-hydrogen) atoms. The maximum Gasteiger partial charge on any atom is 0.0540 e. The largest absolute Gasteiger partial charge is 0.310 e. The minimum Gasteiger partial charge on any atom is -0.310 e. The van der Waals surface area contributed by atoms with Gasteiger partial charge in [-0.2, -0.15) is 0 Å². The van der Waals surface area contributed by atoms with Crippen molar-refractivity contribution in [3.05, 3.63) is 196 Å². The molecule has 9 aromatic carbocycles. The SMILES string of the molecule is Cc1ccc(-c2cc(-c3ccc(C)cc3)cc(-c3ccc(C4CCCCC4)c4c3ccc3c4ccc4c(N(c5cc(C)cc(C)c5)c5cc(C)cc(C)c5)ccc(C5CCCCC5)c43)c2)cc1. The van der Waals surface area contributed by atoms with Crippen molar-refractivity contribution < 1.29 is 0 Å². The molecule has 1 nitrogen and oxygen atoms in total. The Morgan fingerprint density at radius 2 is 0.716 bits per heavy atom. The standard InChI is InChI=1S/C66H65N/c1-42-17-21-48(22-18-42)52-39-53(49-23-19-43(2)20-24-49)41-54(40-52)57-25-26-58(50-13-9-7-10-14-50)65-60(57)27-28-62-61(65)29-30-63-64(32-31-59(66(62)63)51-15-11-8-12-16-51)67(55-35-44(3)33-45(4)36-55)56-37-46(5)34-47(6)38-56/h17-41,50-51H,7-16H2,1-6H3. The van der Waals surface area contributed by atoms with Crippen LogP contribution in [-0.2, 0) is 0 Å². The number of aryl methyl sites for hydroxylation is 6. The highest BCUT2D eigenvalue weighted by atomic mass is 15.1. The van der Waals surface area contributed by atoms with Crippen molar-refractivity contribution in [3.63, 3.8) is 0 Å². The van der Waals surface area contributed by atoms with Crippen LogP contribution in [0.2, 0.25) is 0 Å². The lowest BCUT2D eigenvalue weighted by atomic mass is 9.78. The topological polar surface area (TPSA) is 3.24 Å². The summed E-state index contributed by atoms with van der Waals surface area (Å²) < 4.78 is 0. The molecule has 0 bridgehead atoms. The summed E-state index contributed by atoms with van der Waals surface area (Å²) in [6, 6.07) is 59.6. The molecule has 0 amide bonds. The molecule has 11 rings (SSSR count). The Kier molecular flexibility index (Phi) is 11.6. The summed E-state index contributed by atoms with van der Waals surface area (Å²) in [5.41, 5.74) is 22.1. The van der Waals surface area contributed by atoms with Crippen LogP contribution in [0.1, 0.15) is 121 Å². The Balaban J connectivity index is 1.20. The Morgan fingerprint density at radius 3 is 1.19 bits per heavy atom. The number of benzene rings is 9. The van der Waals surface area contributed by atoms with Crippen molar-refractivity contribution in [2.75, 3.05) is 4.90 Å². The highest BCUT2D eigenvalue weighted by Crippen LogP contribution is 2.50. The molecule has 0 atom stereocenters. The van der Waals surface area contributed by atoms with Gasteiger partial charge < -0.3 is 4.90 Å². The molecule has 2 saturated carbocycles. The molecule has 9 aromatic rings. The van der Waals surface area contributed by atoms with E-state index in [2.05, 4.69) is 198 Å². The van der Waals surface area contributed by atoms with Crippen LogP contribution in [0.4, 0.5) is 17.1 Å². The lowest BCUT2D eigenvalue weighted by Crippen LogP contribution is -2.13. The highest BCUT2D eigenvalue weighted by Gasteiger charge is 2.26. The van der Waals surface area contributed by atoms with Crippen LogP contribution in [0.25, 0.3) is 65.7 Å². The van der Waals surface area contributed by atoms with Gasteiger partial charge in [0.15, 0.2) is 0 Å². The van der Waals surface area contributed by atoms with Crippen molar-refractivity contribution >= 4 is 49.4 Å². The predicted molar refractivity (Wildman–Crippen MR) is 290 cm³/mol. The van der Waals surface area contributed by atoms with Crippen molar-refractivity contribution in [2.24, 2.45) is 0 Å². The zero-order valence-corrected chi connectivity index (χ0v) is 40.6. The Morgan fingerprint density at radius 1 is 0.313 bits per heavy atom. The van der Waals surface area contributed by atoms with Crippen LogP contribution in [0, 0.1) is 41.5 Å². The summed E-state index contributed by atoms with van der Waals surface area (Å²) >= 11 is 0. The molecule has 0 N–H and O–H groups in total. The lowest BCUT2D eigenvalue weighted by Gasteiger charge is -2.31. The molecule has 2 aliphatic rings. The molecule has 334 valence electrons. The first-order chi connectivity index (χ1) is 32.6. The third-order valence-electron chi connectivity index (χ3n) is 15.5. The van der Waals surface area contributed by atoms with E-state index in [1.165, 1.54) is 186 Å². The Hall–Kier alpha value is -6.44. The van der Waals surface area contributed by atoms with Gasteiger partial charge in [0.05, 0.1) is 5.69 Å². The quantitative estimate of drug-likeness (QED) is 0.138. The van der Waals surface area contributed by atoms with E-state index in [1.807, 2.05) is 0 Å². The van der Waals surface area contributed by atoms with E-state index in [-0.39, 0.29) is 0 Å². The summed E-state index contributed by atoms with van der Waals surface area (Å²) in [4.78, 5) is 2.55. The summed E-state index contributed by atoms with van der Waals surface area (Å²) in [6.07, 6.45) is 13.0. The third kappa shape index (κ3) is 8.37. The average molecular weight is 872 g/mol. The molecule has 0 radical (unpaired) electrons. The van der Waals surface area contributed by atoms with E-state index >= 15 is 0 Å². The summed E-state index contributed by atoms with van der Waals surface area (Å²) in [5.74, 6) is 1.11. The van der Waals surface area contributed by atoms with E-state index in [9.17, 15) is 0 Å². The molecule has 0 spiro atoms. The van der Waals surface area contributed by atoms with Crippen molar-refractivity contribution in [3.8, 4) is 33.4 Å². The molecular weight excluding hydrogens is 807 g/mol. The van der Waals surface area contributed by atoms with Crippen molar-refractivity contribution in [2.45, 2.75) is 118 Å². The second-order valence-corrected chi connectivity index (χ2v) is 20.7. The van der Waals surface area contributed by atoms with Gasteiger partial charge >= 0.3 is 0 Å². The number of nitrogens with zero attached hydrogens (tertiary/aromatic N) is 1. The van der Waals surface area contributed by atoms with Crippen molar-refractivity contribution in [1.82, 2.24) is 0 Å². The lowest BCUT2D eigenvalue weighted by molar-refractivity contribution is 0.445. The molecule has 0 aromatic heterocycles. The zero-order chi connectivity index (χ0) is 45.8. The summed E-state index contributed by atoms with van der Waals surface area (Å²) in [6.45, 7) is 13.3.